The van der Waals surface area contributed by atoms with E-state index in [9.17, 15) is 22.4 Å². The van der Waals surface area contributed by atoms with Crippen LogP contribution < -0.4 is 10.1 Å². The molecule has 0 aliphatic heterocycles. The van der Waals surface area contributed by atoms with Gasteiger partial charge in [0.1, 0.15) is 5.82 Å². The number of ether oxygens (including phenoxy) is 1. The van der Waals surface area contributed by atoms with Crippen LogP contribution in [0.3, 0.4) is 0 Å². The fraction of sp³-hybridized carbons (Fsp3) is 0.333. The van der Waals surface area contributed by atoms with E-state index in [2.05, 4.69) is 20.0 Å². The molecular weight excluding hydrogens is 402 g/mol. The molecule has 1 amide bonds. The van der Waals surface area contributed by atoms with Gasteiger partial charge in [0.2, 0.25) is 11.8 Å². The van der Waals surface area contributed by atoms with E-state index < -0.39 is 12.8 Å². The van der Waals surface area contributed by atoms with Crippen LogP contribution >= 0.6 is 0 Å². The summed E-state index contributed by atoms with van der Waals surface area (Å²) in [7, 11) is 0. The maximum atomic E-state index is 13.4. The third-order valence-corrected chi connectivity index (χ3v) is 5.13. The number of aromatic amines is 1. The number of carbonyl (C=O) groups excluding carboxylic acids is 1. The van der Waals surface area contributed by atoms with Crippen LogP contribution in [0.15, 0.2) is 42.6 Å². The van der Waals surface area contributed by atoms with Crippen molar-refractivity contribution in [2.24, 2.45) is 5.92 Å². The number of hydrogen-bond donors (Lipinski definition) is 2. The number of rotatable bonds is 6. The van der Waals surface area contributed by atoms with Crippen molar-refractivity contribution in [3.8, 4) is 5.88 Å². The van der Waals surface area contributed by atoms with Crippen molar-refractivity contribution in [3.63, 3.8) is 0 Å². The first kappa shape index (κ1) is 20.2. The number of carbonyl (C=O) groups is 1. The van der Waals surface area contributed by atoms with Gasteiger partial charge in [-0.1, -0.05) is 6.07 Å². The molecule has 3 aromatic rings. The fourth-order valence-electron chi connectivity index (χ4n) is 3.45. The van der Waals surface area contributed by atoms with Gasteiger partial charge in [-0.3, -0.25) is 4.79 Å². The molecule has 3 atom stereocenters. The zero-order valence-corrected chi connectivity index (χ0v) is 16.0. The zero-order valence-electron chi connectivity index (χ0n) is 16.0. The molecule has 9 heteroatoms. The first-order valence-corrected chi connectivity index (χ1v) is 9.43. The summed E-state index contributed by atoms with van der Waals surface area (Å²) in [5.41, 5.74) is 2.38. The second kappa shape index (κ2) is 7.62. The fourth-order valence-corrected chi connectivity index (χ4v) is 3.45. The van der Waals surface area contributed by atoms with Gasteiger partial charge in [0.05, 0.1) is 6.04 Å². The number of benzene rings is 1. The van der Waals surface area contributed by atoms with Crippen molar-refractivity contribution in [2.75, 3.05) is 6.61 Å². The van der Waals surface area contributed by atoms with Crippen molar-refractivity contribution in [1.82, 2.24) is 15.3 Å². The Kier molecular flexibility index (Phi) is 5.13. The summed E-state index contributed by atoms with van der Waals surface area (Å²) >= 11 is 0. The zero-order chi connectivity index (χ0) is 21.5. The maximum absolute atomic E-state index is 13.4. The molecule has 2 aromatic heterocycles. The summed E-state index contributed by atoms with van der Waals surface area (Å²) in [6.45, 7) is 0.364. The number of amides is 1. The van der Waals surface area contributed by atoms with E-state index in [0.717, 1.165) is 16.6 Å². The molecule has 4 rings (SSSR count). The highest BCUT2D eigenvalue weighted by molar-refractivity contribution is 5.85. The second-order valence-corrected chi connectivity index (χ2v) is 7.47. The smallest absolute Gasteiger partial charge is 0.422 e. The lowest BCUT2D eigenvalue weighted by Crippen LogP contribution is -2.28. The number of alkyl halides is 3. The largest absolute Gasteiger partial charge is 0.468 e. The lowest BCUT2D eigenvalue weighted by atomic mass is 10.1. The molecule has 1 aromatic carbocycles. The Bertz CT molecular complexity index is 1060. The Labute approximate surface area is 169 Å². The van der Waals surface area contributed by atoms with E-state index in [1.165, 1.54) is 24.4 Å². The highest BCUT2D eigenvalue weighted by atomic mass is 19.4. The molecule has 1 aliphatic rings. The number of fused-ring (bicyclic) bond motifs is 1. The SMILES string of the molecule is CC(NC(=O)C1CC1c1cc2cc(F)ccc2[nH]1)c1ccc(OCC(F)(F)F)nc1. The Morgan fingerprint density at radius 1 is 1.30 bits per heavy atom. The van der Waals surface area contributed by atoms with Gasteiger partial charge in [-0.15, -0.1) is 0 Å². The first-order chi connectivity index (χ1) is 14.2. The topological polar surface area (TPSA) is 67.0 Å². The van der Waals surface area contributed by atoms with Crippen LogP contribution in [-0.2, 0) is 4.79 Å². The van der Waals surface area contributed by atoms with E-state index in [0.29, 0.717) is 12.0 Å². The predicted octanol–water partition coefficient (Wildman–Crippen LogP) is 4.62. The number of nitrogens with one attached hydrogen (secondary N) is 2. The molecule has 2 heterocycles. The summed E-state index contributed by atoms with van der Waals surface area (Å²) in [6, 6.07) is 8.91. The van der Waals surface area contributed by atoms with Crippen LogP contribution in [0.2, 0.25) is 0 Å². The molecule has 158 valence electrons. The van der Waals surface area contributed by atoms with Crippen molar-refractivity contribution < 1.29 is 27.1 Å². The van der Waals surface area contributed by atoms with Gasteiger partial charge in [-0.05, 0) is 43.2 Å². The van der Waals surface area contributed by atoms with Crippen LogP contribution in [-0.4, -0.2) is 28.7 Å². The molecular formula is C21H19F4N3O2. The molecule has 0 saturated heterocycles. The lowest BCUT2D eigenvalue weighted by molar-refractivity contribution is -0.154. The number of H-pyrrole nitrogens is 1. The van der Waals surface area contributed by atoms with E-state index in [-0.39, 0.29) is 35.5 Å². The van der Waals surface area contributed by atoms with Gasteiger partial charge < -0.3 is 15.0 Å². The predicted molar refractivity (Wildman–Crippen MR) is 101 cm³/mol. The summed E-state index contributed by atoms with van der Waals surface area (Å²) in [6.07, 6.45) is -2.36. The molecule has 5 nitrogen and oxygen atoms in total. The normalized spacial score (nSPS) is 19.5. The number of aromatic nitrogens is 2. The highest BCUT2D eigenvalue weighted by Crippen LogP contribution is 2.48. The standard InChI is InChI=1S/C21H19F4N3O2/c1-11(12-2-5-19(26-9-12)30-10-21(23,24)25)27-20(29)16-8-15(16)18-7-13-6-14(22)3-4-17(13)28-18/h2-7,9,11,15-16,28H,8,10H2,1H3,(H,27,29). The van der Waals surface area contributed by atoms with Gasteiger partial charge in [-0.2, -0.15) is 13.2 Å². The van der Waals surface area contributed by atoms with E-state index >= 15 is 0 Å². The number of nitrogens with zero attached hydrogens (tertiary/aromatic N) is 1. The minimum atomic E-state index is -4.43. The molecule has 0 spiro atoms. The Balaban J connectivity index is 1.33. The maximum Gasteiger partial charge on any atom is 0.422 e. The molecule has 1 aliphatic carbocycles. The average Bonchev–Trinajstić information content (AvgIpc) is 3.39. The Hall–Kier alpha value is -3.10. The van der Waals surface area contributed by atoms with Crippen LogP contribution in [0.5, 0.6) is 5.88 Å². The second-order valence-electron chi connectivity index (χ2n) is 7.47. The lowest BCUT2D eigenvalue weighted by Gasteiger charge is -2.15. The Morgan fingerprint density at radius 3 is 2.80 bits per heavy atom. The van der Waals surface area contributed by atoms with Crippen molar-refractivity contribution in [2.45, 2.75) is 31.5 Å². The average molecular weight is 421 g/mol. The number of halogens is 4. The summed E-state index contributed by atoms with van der Waals surface area (Å²) in [5, 5.41) is 3.67. The molecule has 3 unspecified atom stereocenters. The van der Waals surface area contributed by atoms with Crippen molar-refractivity contribution >= 4 is 16.8 Å². The number of pyridine rings is 1. The van der Waals surface area contributed by atoms with Gasteiger partial charge in [-0.25, -0.2) is 9.37 Å². The van der Waals surface area contributed by atoms with E-state index in [4.69, 9.17) is 0 Å². The molecule has 1 saturated carbocycles. The summed E-state index contributed by atoms with van der Waals surface area (Å²) in [5.74, 6) is -0.700. The minimum absolute atomic E-state index is 0.0453. The highest BCUT2D eigenvalue weighted by Gasteiger charge is 2.45. The van der Waals surface area contributed by atoms with Crippen LogP contribution in [0.1, 0.15) is 36.6 Å². The van der Waals surface area contributed by atoms with Crippen molar-refractivity contribution in [1.29, 1.82) is 0 Å². The molecule has 30 heavy (non-hydrogen) atoms. The van der Waals surface area contributed by atoms with Crippen LogP contribution in [0.4, 0.5) is 17.6 Å². The molecule has 2 N–H and O–H groups in total. The van der Waals surface area contributed by atoms with E-state index in [1.807, 2.05) is 6.07 Å². The monoisotopic (exact) mass is 421 g/mol. The van der Waals surface area contributed by atoms with Gasteiger partial charge in [0.25, 0.3) is 0 Å². The van der Waals surface area contributed by atoms with Crippen LogP contribution in [0, 0.1) is 11.7 Å². The number of hydrogen-bond acceptors (Lipinski definition) is 3. The van der Waals surface area contributed by atoms with Gasteiger partial charge in [0.15, 0.2) is 6.61 Å². The van der Waals surface area contributed by atoms with E-state index in [1.54, 1.807) is 19.1 Å². The van der Waals surface area contributed by atoms with Gasteiger partial charge >= 0.3 is 6.18 Å². The van der Waals surface area contributed by atoms with Gasteiger partial charge in [0, 0.05) is 40.7 Å². The quantitative estimate of drug-likeness (QED) is 0.571. The minimum Gasteiger partial charge on any atom is -0.468 e. The third-order valence-electron chi connectivity index (χ3n) is 5.13. The van der Waals surface area contributed by atoms with Crippen molar-refractivity contribution in [3.05, 3.63) is 59.7 Å². The molecule has 0 radical (unpaired) electrons. The van der Waals surface area contributed by atoms with Crippen LogP contribution in [0.25, 0.3) is 10.9 Å². The summed E-state index contributed by atoms with van der Waals surface area (Å²) in [4.78, 5) is 19.7. The third kappa shape index (κ3) is 4.55. The Morgan fingerprint density at radius 2 is 2.10 bits per heavy atom. The molecule has 0 bridgehead atoms. The summed E-state index contributed by atoms with van der Waals surface area (Å²) < 4.78 is 54.5. The molecule has 1 fully saturated rings. The first-order valence-electron chi connectivity index (χ1n) is 9.43.